The molecule has 2 aromatic rings. The zero-order valence-corrected chi connectivity index (χ0v) is 9.09. The van der Waals surface area contributed by atoms with E-state index in [-0.39, 0.29) is 5.48 Å². The van der Waals surface area contributed by atoms with Crippen molar-refractivity contribution < 1.29 is 10.6 Å². The van der Waals surface area contributed by atoms with Crippen LogP contribution in [0.15, 0.2) is 42.5 Å². The van der Waals surface area contributed by atoms with Gasteiger partial charge in [0.2, 0.25) is 0 Å². The first kappa shape index (κ1) is 11.5. The molecule has 0 spiro atoms. The molecule has 3 rings (SSSR count). The van der Waals surface area contributed by atoms with Gasteiger partial charge in [0.1, 0.15) is 11.1 Å². The number of aliphatic hydroxyl groups is 1. The lowest BCUT2D eigenvalue weighted by molar-refractivity contribution is 0.0930. The van der Waals surface area contributed by atoms with Gasteiger partial charge in [0.05, 0.1) is 5.52 Å². The van der Waals surface area contributed by atoms with Crippen molar-refractivity contribution in [3.05, 3.63) is 48.1 Å². The SMILES string of the molecule is O.OC1(c2cccc3[nH]nnc23)C=CC=CC1. The van der Waals surface area contributed by atoms with E-state index in [9.17, 15) is 5.11 Å². The number of fused-ring (bicyclic) bond motifs is 1. The summed E-state index contributed by atoms with van der Waals surface area (Å²) < 4.78 is 0. The van der Waals surface area contributed by atoms with Gasteiger partial charge >= 0.3 is 0 Å². The number of rotatable bonds is 1. The summed E-state index contributed by atoms with van der Waals surface area (Å²) in [6.07, 6.45) is 8.07. The maximum atomic E-state index is 10.5. The van der Waals surface area contributed by atoms with Crippen molar-refractivity contribution in [2.24, 2.45) is 0 Å². The Balaban J connectivity index is 0.00000108. The lowest BCUT2D eigenvalue weighted by Gasteiger charge is -2.25. The summed E-state index contributed by atoms with van der Waals surface area (Å²) in [7, 11) is 0. The molecule has 0 bridgehead atoms. The number of hydrogen-bond acceptors (Lipinski definition) is 3. The minimum absolute atomic E-state index is 0. The largest absolute Gasteiger partial charge is 0.412 e. The van der Waals surface area contributed by atoms with Crippen LogP contribution in [0.5, 0.6) is 0 Å². The van der Waals surface area contributed by atoms with Gasteiger partial charge in [0, 0.05) is 12.0 Å². The van der Waals surface area contributed by atoms with Crippen LogP contribution in [0.3, 0.4) is 0 Å². The van der Waals surface area contributed by atoms with E-state index in [1.807, 2.05) is 36.4 Å². The van der Waals surface area contributed by atoms with Crippen LogP contribution in [0.2, 0.25) is 0 Å². The predicted octanol–water partition coefficient (Wildman–Crippen LogP) is 0.837. The highest BCUT2D eigenvalue weighted by molar-refractivity contribution is 5.78. The number of nitrogens with zero attached hydrogens (tertiary/aromatic N) is 2. The number of hydrogen-bond donors (Lipinski definition) is 2. The molecule has 1 aromatic heterocycles. The lowest BCUT2D eigenvalue weighted by Crippen LogP contribution is -2.23. The quantitative estimate of drug-likeness (QED) is 0.761. The van der Waals surface area contributed by atoms with Gasteiger partial charge in [0.25, 0.3) is 0 Å². The molecule has 5 nitrogen and oxygen atoms in total. The molecule has 0 fully saturated rings. The number of benzene rings is 1. The molecule has 4 N–H and O–H groups in total. The van der Waals surface area contributed by atoms with E-state index >= 15 is 0 Å². The van der Waals surface area contributed by atoms with Crippen molar-refractivity contribution in [1.29, 1.82) is 0 Å². The summed E-state index contributed by atoms with van der Waals surface area (Å²) in [5, 5.41) is 21.1. The van der Waals surface area contributed by atoms with Gasteiger partial charge in [-0.25, -0.2) is 0 Å². The number of allylic oxidation sites excluding steroid dienone is 2. The molecule has 1 aromatic carbocycles. The Labute approximate surface area is 97.8 Å². The monoisotopic (exact) mass is 231 g/mol. The van der Waals surface area contributed by atoms with Gasteiger partial charge in [-0.1, -0.05) is 35.6 Å². The van der Waals surface area contributed by atoms with E-state index < -0.39 is 5.60 Å². The second-order valence-electron chi connectivity index (χ2n) is 3.93. The summed E-state index contributed by atoms with van der Waals surface area (Å²) in [4.78, 5) is 0. The van der Waals surface area contributed by atoms with Gasteiger partial charge in [0.15, 0.2) is 0 Å². The molecular weight excluding hydrogens is 218 g/mol. The molecule has 0 aliphatic heterocycles. The predicted molar refractivity (Wildman–Crippen MR) is 64.3 cm³/mol. The fourth-order valence-electron chi connectivity index (χ4n) is 2.03. The Morgan fingerprint density at radius 1 is 1.29 bits per heavy atom. The van der Waals surface area contributed by atoms with Gasteiger partial charge < -0.3 is 10.6 Å². The average molecular weight is 231 g/mol. The molecule has 88 valence electrons. The molecule has 1 heterocycles. The Hall–Kier alpha value is -1.98. The molecule has 1 aliphatic rings. The highest BCUT2D eigenvalue weighted by Gasteiger charge is 2.28. The molecular formula is C12H13N3O2. The van der Waals surface area contributed by atoms with Crippen LogP contribution < -0.4 is 0 Å². The molecule has 1 unspecified atom stereocenters. The normalized spacial score (nSPS) is 22.6. The third-order valence-corrected chi connectivity index (χ3v) is 2.87. The highest BCUT2D eigenvalue weighted by atomic mass is 16.3. The van der Waals surface area contributed by atoms with E-state index in [0.717, 1.165) is 16.6 Å². The fraction of sp³-hybridized carbons (Fsp3) is 0.167. The summed E-state index contributed by atoms with van der Waals surface area (Å²) in [5.41, 5.74) is 1.39. The number of aromatic amines is 1. The molecule has 1 atom stereocenters. The standard InChI is InChI=1S/C12H11N3O.H2O/c16-12(7-2-1-3-8-12)9-5-4-6-10-11(9)14-15-13-10;/h1-7,16H,8H2,(H,13,14,15);1H2. The average Bonchev–Trinajstić information content (AvgIpc) is 2.77. The van der Waals surface area contributed by atoms with Crippen molar-refractivity contribution in [2.75, 3.05) is 0 Å². The maximum Gasteiger partial charge on any atom is 0.119 e. The molecule has 5 heteroatoms. The Kier molecular flexibility index (Phi) is 2.79. The number of nitrogens with one attached hydrogen (secondary N) is 1. The minimum Gasteiger partial charge on any atom is -0.412 e. The van der Waals surface area contributed by atoms with Crippen molar-refractivity contribution in [2.45, 2.75) is 12.0 Å². The first-order valence-electron chi connectivity index (χ1n) is 5.17. The van der Waals surface area contributed by atoms with Gasteiger partial charge in [-0.05, 0) is 12.1 Å². The van der Waals surface area contributed by atoms with Crippen LogP contribution in [0, 0.1) is 0 Å². The Morgan fingerprint density at radius 2 is 2.18 bits per heavy atom. The van der Waals surface area contributed by atoms with Crippen molar-refractivity contribution in [3.63, 3.8) is 0 Å². The summed E-state index contributed by atoms with van der Waals surface area (Å²) in [6.45, 7) is 0. The molecule has 0 saturated carbocycles. The molecule has 0 radical (unpaired) electrons. The molecule has 1 aliphatic carbocycles. The first-order chi connectivity index (χ1) is 7.80. The molecule has 0 amide bonds. The van der Waals surface area contributed by atoms with E-state index in [1.54, 1.807) is 6.08 Å². The Morgan fingerprint density at radius 3 is 2.94 bits per heavy atom. The fourth-order valence-corrected chi connectivity index (χ4v) is 2.03. The smallest absolute Gasteiger partial charge is 0.119 e. The number of H-pyrrole nitrogens is 1. The van der Waals surface area contributed by atoms with Crippen LogP contribution in [0.1, 0.15) is 12.0 Å². The topological polar surface area (TPSA) is 93.3 Å². The minimum atomic E-state index is -0.967. The van der Waals surface area contributed by atoms with Gasteiger partial charge in [-0.15, -0.1) is 5.10 Å². The van der Waals surface area contributed by atoms with Crippen LogP contribution in [-0.2, 0) is 5.60 Å². The van der Waals surface area contributed by atoms with Crippen molar-refractivity contribution >= 4 is 11.0 Å². The highest BCUT2D eigenvalue weighted by Crippen LogP contribution is 2.33. The van der Waals surface area contributed by atoms with E-state index in [0.29, 0.717) is 6.42 Å². The van der Waals surface area contributed by atoms with Gasteiger partial charge in [-0.3, -0.25) is 5.10 Å². The van der Waals surface area contributed by atoms with Crippen LogP contribution in [-0.4, -0.2) is 26.0 Å². The van der Waals surface area contributed by atoms with Crippen molar-refractivity contribution in [1.82, 2.24) is 15.4 Å². The second-order valence-corrected chi connectivity index (χ2v) is 3.93. The molecule has 17 heavy (non-hydrogen) atoms. The zero-order chi connectivity index (χ0) is 11.0. The third kappa shape index (κ3) is 1.75. The summed E-state index contributed by atoms with van der Waals surface area (Å²) in [5.74, 6) is 0. The maximum absolute atomic E-state index is 10.5. The Bertz CT molecular complexity index is 588. The lowest BCUT2D eigenvalue weighted by atomic mass is 9.87. The van der Waals surface area contributed by atoms with Crippen molar-refractivity contribution in [3.8, 4) is 0 Å². The number of aromatic nitrogens is 3. The van der Waals surface area contributed by atoms with Crippen LogP contribution in [0.4, 0.5) is 0 Å². The zero-order valence-electron chi connectivity index (χ0n) is 9.09. The molecule has 0 saturated heterocycles. The summed E-state index contributed by atoms with van der Waals surface area (Å²) in [6, 6.07) is 5.67. The van der Waals surface area contributed by atoms with E-state index in [2.05, 4.69) is 15.4 Å². The van der Waals surface area contributed by atoms with E-state index in [1.165, 1.54) is 0 Å². The van der Waals surface area contributed by atoms with E-state index in [4.69, 9.17) is 0 Å². The summed E-state index contributed by atoms with van der Waals surface area (Å²) >= 11 is 0. The van der Waals surface area contributed by atoms with Gasteiger partial charge in [-0.2, -0.15) is 0 Å². The third-order valence-electron chi connectivity index (χ3n) is 2.87. The van der Waals surface area contributed by atoms with Crippen LogP contribution in [0.25, 0.3) is 11.0 Å². The second kappa shape index (κ2) is 4.12. The van der Waals surface area contributed by atoms with Crippen LogP contribution >= 0.6 is 0 Å². The first-order valence-corrected chi connectivity index (χ1v) is 5.17.